The molecule has 0 spiro atoms. The summed E-state index contributed by atoms with van der Waals surface area (Å²) in [7, 11) is 0. The lowest BCUT2D eigenvalue weighted by molar-refractivity contribution is 0.0977. The van der Waals surface area contributed by atoms with Crippen LogP contribution in [0.25, 0.3) is 0 Å². The number of aryl methyl sites for hydroxylation is 1. The molecule has 0 aliphatic heterocycles. The Morgan fingerprint density at radius 3 is 2.60 bits per heavy atom. The lowest BCUT2D eigenvalue weighted by Crippen LogP contribution is -2.34. The molecule has 0 saturated heterocycles. The summed E-state index contributed by atoms with van der Waals surface area (Å²) in [5, 5.41) is 14.8. The minimum absolute atomic E-state index is 0.0422. The number of rotatable bonds is 2. The highest BCUT2D eigenvalue weighted by atomic mass is 32.1. The predicted molar refractivity (Wildman–Crippen MR) is 80.8 cm³/mol. The van der Waals surface area contributed by atoms with Crippen LogP contribution in [0.4, 0.5) is 5.82 Å². The second-order valence-electron chi connectivity index (χ2n) is 4.15. The molecule has 1 heterocycles. The number of benzene rings is 1. The van der Waals surface area contributed by atoms with Gasteiger partial charge in [0.05, 0.1) is 0 Å². The first kappa shape index (κ1) is 14.0. The Labute approximate surface area is 121 Å². The SMILES string of the molecule is Cc1ccc(C(=O)NC(=S)Nc2ncccc2O)cc1. The lowest BCUT2D eigenvalue weighted by Gasteiger charge is -2.09. The number of anilines is 1. The molecule has 0 unspecified atom stereocenters. The zero-order valence-corrected chi connectivity index (χ0v) is 11.6. The van der Waals surface area contributed by atoms with Gasteiger partial charge in [-0.05, 0) is 43.4 Å². The molecule has 2 rings (SSSR count). The van der Waals surface area contributed by atoms with Gasteiger partial charge in [0.2, 0.25) is 0 Å². The molecule has 0 saturated carbocycles. The van der Waals surface area contributed by atoms with E-state index in [1.54, 1.807) is 18.2 Å². The molecule has 6 heteroatoms. The van der Waals surface area contributed by atoms with Gasteiger partial charge >= 0.3 is 0 Å². The highest BCUT2D eigenvalue weighted by Gasteiger charge is 2.09. The first-order chi connectivity index (χ1) is 9.56. The fraction of sp³-hybridized carbons (Fsp3) is 0.0714. The van der Waals surface area contributed by atoms with E-state index >= 15 is 0 Å². The smallest absolute Gasteiger partial charge is 0.257 e. The van der Waals surface area contributed by atoms with Crippen molar-refractivity contribution in [1.82, 2.24) is 10.3 Å². The van der Waals surface area contributed by atoms with Crippen molar-refractivity contribution in [2.24, 2.45) is 0 Å². The summed E-state index contributed by atoms with van der Waals surface area (Å²) in [6, 6.07) is 10.2. The van der Waals surface area contributed by atoms with Crippen molar-refractivity contribution in [3.8, 4) is 5.75 Å². The van der Waals surface area contributed by atoms with E-state index in [0.717, 1.165) is 5.56 Å². The topological polar surface area (TPSA) is 74.2 Å². The molecular formula is C14H13N3O2S. The molecule has 1 aromatic heterocycles. The number of amides is 1. The Morgan fingerprint density at radius 2 is 1.95 bits per heavy atom. The Morgan fingerprint density at radius 1 is 1.25 bits per heavy atom. The molecule has 1 amide bonds. The Hall–Kier alpha value is -2.47. The molecule has 0 aliphatic carbocycles. The van der Waals surface area contributed by atoms with Gasteiger partial charge in [-0.3, -0.25) is 10.1 Å². The molecule has 0 atom stereocenters. The van der Waals surface area contributed by atoms with Crippen LogP contribution in [0.1, 0.15) is 15.9 Å². The van der Waals surface area contributed by atoms with Crippen molar-refractivity contribution in [2.75, 3.05) is 5.32 Å². The second kappa shape index (κ2) is 6.12. The number of hydrogen-bond acceptors (Lipinski definition) is 4. The standard InChI is InChI=1S/C14H13N3O2S/c1-9-4-6-10(7-5-9)13(19)17-14(20)16-12-11(18)3-2-8-15-12/h2-8,18H,1H3,(H2,15,16,17,19,20). The van der Waals surface area contributed by atoms with E-state index in [2.05, 4.69) is 15.6 Å². The highest BCUT2D eigenvalue weighted by Crippen LogP contribution is 2.17. The van der Waals surface area contributed by atoms with Crippen molar-refractivity contribution >= 4 is 29.1 Å². The fourth-order valence-electron chi connectivity index (χ4n) is 1.51. The molecule has 20 heavy (non-hydrogen) atoms. The summed E-state index contributed by atoms with van der Waals surface area (Å²) < 4.78 is 0. The number of nitrogens with zero attached hydrogens (tertiary/aromatic N) is 1. The minimum Gasteiger partial charge on any atom is -0.504 e. The summed E-state index contributed by atoms with van der Waals surface area (Å²) in [6.45, 7) is 1.94. The van der Waals surface area contributed by atoms with Gasteiger partial charge in [0.15, 0.2) is 16.7 Å². The maximum Gasteiger partial charge on any atom is 0.257 e. The molecule has 0 fully saturated rings. The summed E-state index contributed by atoms with van der Waals surface area (Å²) in [5.74, 6) is -0.168. The fourth-order valence-corrected chi connectivity index (χ4v) is 1.70. The van der Waals surface area contributed by atoms with Crippen molar-refractivity contribution in [2.45, 2.75) is 6.92 Å². The van der Waals surface area contributed by atoms with E-state index < -0.39 is 0 Å². The van der Waals surface area contributed by atoms with Gasteiger partial charge in [-0.15, -0.1) is 0 Å². The second-order valence-corrected chi connectivity index (χ2v) is 4.55. The molecule has 5 nitrogen and oxygen atoms in total. The van der Waals surface area contributed by atoms with Crippen LogP contribution in [0.15, 0.2) is 42.6 Å². The molecule has 102 valence electrons. The van der Waals surface area contributed by atoms with Crippen LogP contribution in [-0.4, -0.2) is 21.1 Å². The minimum atomic E-state index is -0.321. The van der Waals surface area contributed by atoms with E-state index in [-0.39, 0.29) is 22.6 Å². The Balaban J connectivity index is 2.00. The molecule has 3 N–H and O–H groups in total. The number of hydrogen-bond donors (Lipinski definition) is 3. The van der Waals surface area contributed by atoms with E-state index in [1.807, 2.05) is 19.1 Å². The number of aromatic nitrogens is 1. The number of aromatic hydroxyl groups is 1. The van der Waals surface area contributed by atoms with E-state index in [4.69, 9.17) is 12.2 Å². The maximum atomic E-state index is 11.9. The highest BCUT2D eigenvalue weighted by molar-refractivity contribution is 7.80. The number of carbonyl (C=O) groups is 1. The zero-order valence-electron chi connectivity index (χ0n) is 10.8. The molecule has 1 aromatic carbocycles. The third-order valence-corrected chi connectivity index (χ3v) is 2.76. The number of thiocarbonyl (C=S) groups is 1. The van der Waals surface area contributed by atoms with Crippen LogP contribution < -0.4 is 10.6 Å². The normalized spacial score (nSPS) is 9.85. The Bertz CT molecular complexity index is 641. The van der Waals surface area contributed by atoms with Crippen LogP contribution in [0, 0.1) is 6.92 Å². The number of nitrogens with one attached hydrogen (secondary N) is 2. The van der Waals surface area contributed by atoms with Gasteiger partial charge < -0.3 is 10.4 Å². The van der Waals surface area contributed by atoms with Crippen LogP contribution >= 0.6 is 12.2 Å². The lowest BCUT2D eigenvalue weighted by atomic mass is 10.1. The van der Waals surface area contributed by atoms with Crippen LogP contribution in [0.3, 0.4) is 0 Å². The molecule has 0 radical (unpaired) electrons. The van der Waals surface area contributed by atoms with Crippen LogP contribution in [0.5, 0.6) is 5.75 Å². The quantitative estimate of drug-likeness (QED) is 0.739. The van der Waals surface area contributed by atoms with Crippen molar-refractivity contribution in [3.63, 3.8) is 0 Å². The van der Waals surface area contributed by atoms with Gasteiger partial charge in [-0.25, -0.2) is 4.98 Å². The molecular weight excluding hydrogens is 274 g/mol. The van der Waals surface area contributed by atoms with Gasteiger partial charge in [-0.1, -0.05) is 17.7 Å². The van der Waals surface area contributed by atoms with Gasteiger partial charge in [0, 0.05) is 11.8 Å². The summed E-state index contributed by atoms with van der Waals surface area (Å²) >= 11 is 5.00. The van der Waals surface area contributed by atoms with Crippen molar-refractivity contribution in [3.05, 3.63) is 53.7 Å². The van der Waals surface area contributed by atoms with Crippen LogP contribution in [0.2, 0.25) is 0 Å². The average molecular weight is 287 g/mol. The summed E-state index contributed by atoms with van der Waals surface area (Å²) in [5.41, 5.74) is 1.57. The van der Waals surface area contributed by atoms with Crippen LogP contribution in [-0.2, 0) is 0 Å². The molecule has 0 bridgehead atoms. The molecule has 2 aromatic rings. The predicted octanol–water partition coefficient (Wildman–Crippen LogP) is 2.22. The first-order valence-electron chi connectivity index (χ1n) is 5.89. The first-order valence-corrected chi connectivity index (χ1v) is 6.30. The van der Waals surface area contributed by atoms with E-state index in [9.17, 15) is 9.90 Å². The van der Waals surface area contributed by atoms with Gasteiger partial charge in [0.25, 0.3) is 5.91 Å². The Kier molecular flexibility index (Phi) is 4.27. The maximum absolute atomic E-state index is 11.9. The van der Waals surface area contributed by atoms with Crippen molar-refractivity contribution in [1.29, 1.82) is 0 Å². The largest absolute Gasteiger partial charge is 0.504 e. The van der Waals surface area contributed by atoms with Crippen molar-refractivity contribution < 1.29 is 9.90 Å². The third kappa shape index (κ3) is 3.52. The monoisotopic (exact) mass is 287 g/mol. The summed E-state index contributed by atoms with van der Waals surface area (Å²) in [4.78, 5) is 15.8. The van der Waals surface area contributed by atoms with Gasteiger partial charge in [0.1, 0.15) is 0 Å². The van der Waals surface area contributed by atoms with Gasteiger partial charge in [-0.2, -0.15) is 0 Å². The molecule has 0 aliphatic rings. The average Bonchev–Trinajstić information content (AvgIpc) is 2.42. The number of carbonyl (C=O) groups excluding carboxylic acids is 1. The van der Waals surface area contributed by atoms with E-state index in [1.165, 1.54) is 12.3 Å². The third-order valence-electron chi connectivity index (χ3n) is 2.56. The zero-order chi connectivity index (χ0) is 14.5. The summed E-state index contributed by atoms with van der Waals surface area (Å²) in [6.07, 6.45) is 1.51. The number of pyridine rings is 1. The van der Waals surface area contributed by atoms with E-state index in [0.29, 0.717) is 5.56 Å².